The standard InChI is InChI=1S/C16H27NO2/c1-15(2,19-14(18)17-3)10-16-7-11-4-12(8-16)6-13(5-11)9-16/h11-13H,4-10H2,1-3H3,(H,17,18). The zero-order valence-corrected chi connectivity index (χ0v) is 12.5. The van der Waals surface area contributed by atoms with Crippen LogP contribution in [0.5, 0.6) is 0 Å². The fraction of sp³-hybridized carbons (Fsp3) is 0.938. The van der Waals surface area contributed by atoms with E-state index in [0.29, 0.717) is 5.41 Å². The second-order valence-corrected chi connectivity index (χ2v) is 7.99. The van der Waals surface area contributed by atoms with Crippen LogP contribution in [0.4, 0.5) is 4.79 Å². The van der Waals surface area contributed by atoms with Crippen molar-refractivity contribution >= 4 is 6.09 Å². The molecule has 0 atom stereocenters. The van der Waals surface area contributed by atoms with Gasteiger partial charge in [-0.2, -0.15) is 0 Å². The molecule has 108 valence electrons. The van der Waals surface area contributed by atoms with E-state index in [1.54, 1.807) is 7.05 Å². The van der Waals surface area contributed by atoms with Gasteiger partial charge in [-0.15, -0.1) is 0 Å². The lowest BCUT2D eigenvalue weighted by atomic mass is 9.48. The van der Waals surface area contributed by atoms with Crippen LogP contribution in [0.1, 0.15) is 58.8 Å². The number of nitrogens with one attached hydrogen (secondary N) is 1. The van der Waals surface area contributed by atoms with Crippen molar-refractivity contribution in [3.63, 3.8) is 0 Å². The lowest BCUT2D eigenvalue weighted by molar-refractivity contribution is -0.0953. The number of rotatable bonds is 3. The molecule has 4 aliphatic carbocycles. The molecule has 4 saturated carbocycles. The van der Waals surface area contributed by atoms with Crippen molar-refractivity contribution in [2.75, 3.05) is 7.05 Å². The Morgan fingerprint density at radius 2 is 1.63 bits per heavy atom. The molecule has 1 N–H and O–H groups in total. The molecule has 4 rings (SSSR count). The van der Waals surface area contributed by atoms with Crippen LogP contribution < -0.4 is 5.32 Å². The molecule has 0 heterocycles. The minimum atomic E-state index is -0.342. The fourth-order valence-electron chi connectivity index (χ4n) is 5.75. The molecule has 3 heteroatoms. The first kappa shape index (κ1) is 13.3. The molecule has 3 nitrogen and oxygen atoms in total. The Bertz CT molecular complexity index is 340. The number of hydrogen-bond donors (Lipinski definition) is 1. The molecule has 4 aliphatic rings. The Hall–Kier alpha value is -0.730. The third-order valence-corrected chi connectivity index (χ3v) is 5.54. The van der Waals surface area contributed by atoms with Gasteiger partial charge in [0.25, 0.3) is 0 Å². The summed E-state index contributed by atoms with van der Waals surface area (Å²) in [5.41, 5.74) is 0.123. The normalized spacial score (nSPS) is 40.3. The molecule has 4 bridgehead atoms. The first-order valence-corrected chi connectivity index (χ1v) is 7.80. The second kappa shape index (κ2) is 4.39. The number of carbonyl (C=O) groups is 1. The van der Waals surface area contributed by atoms with Gasteiger partial charge in [0.1, 0.15) is 5.60 Å². The summed E-state index contributed by atoms with van der Waals surface area (Å²) >= 11 is 0. The smallest absolute Gasteiger partial charge is 0.407 e. The van der Waals surface area contributed by atoms with E-state index in [-0.39, 0.29) is 11.7 Å². The fourth-order valence-corrected chi connectivity index (χ4v) is 5.75. The summed E-state index contributed by atoms with van der Waals surface area (Å²) in [6.45, 7) is 4.14. The molecule has 0 aliphatic heterocycles. The van der Waals surface area contributed by atoms with Gasteiger partial charge in [0, 0.05) is 7.05 Å². The van der Waals surface area contributed by atoms with Crippen LogP contribution in [0.2, 0.25) is 0 Å². The van der Waals surface area contributed by atoms with Crippen molar-refractivity contribution < 1.29 is 9.53 Å². The Morgan fingerprint density at radius 3 is 2.05 bits per heavy atom. The van der Waals surface area contributed by atoms with E-state index >= 15 is 0 Å². The molecular weight excluding hydrogens is 238 g/mol. The summed E-state index contributed by atoms with van der Waals surface area (Å²) in [7, 11) is 1.63. The monoisotopic (exact) mass is 265 g/mol. The Kier molecular flexibility index (Phi) is 3.06. The Labute approximate surface area is 116 Å². The van der Waals surface area contributed by atoms with E-state index in [4.69, 9.17) is 4.74 Å². The average molecular weight is 265 g/mol. The summed E-state index contributed by atoms with van der Waals surface area (Å²) in [5, 5.41) is 2.57. The van der Waals surface area contributed by atoms with Crippen molar-refractivity contribution in [3.8, 4) is 0 Å². The van der Waals surface area contributed by atoms with E-state index in [2.05, 4.69) is 19.2 Å². The van der Waals surface area contributed by atoms with Crippen molar-refractivity contribution in [2.24, 2.45) is 23.2 Å². The summed E-state index contributed by atoms with van der Waals surface area (Å²) in [6, 6.07) is 0. The summed E-state index contributed by atoms with van der Waals surface area (Å²) in [4.78, 5) is 11.5. The van der Waals surface area contributed by atoms with Crippen LogP contribution in [0, 0.1) is 23.2 Å². The molecule has 0 aromatic rings. The molecule has 1 amide bonds. The minimum absolute atomic E-state index is 0.297. The van der Waals surface area contributed by atoms with Gasteiger partial charge >= 0.3 is 6.09 Å². The summed E-state index contributed by atoms with van der Waals surface area (Å²) < 4.78 is 5.58. The Morgan fingerprint density at radius 1 is 1.16 bits per heavy atom. The van der Waals surface area contributed by atoms with Gasteiger partial charge in [-0.3, -0.25) is 0 Å². The topological polar surface area (TPSA) is 38.3 Å². The van der Waals surface area contributed by atoms with Crippen molar-refractivity contribution in [1.29, 1.82) is 0 Å². The lowest BCUT2D eigenvalue weighted by Gasteiger charge is -2.58. The molecule has 0 unspecified atom stereocenters. The average Bonchev–Trinajstić information content (AvgIpc) is 2.24. The molecule has 0 aromatic carbocycles. The molecule has 4 fully saturated rings. The highest BCUT2D eigenvalue weighted by Crippen LogP contribution is 2.62. The number of hydrogen-bond acceptors (Lipinski definition) is 2. The van der Waals surface area contributed by atoms with Crippen LogP contribution in [0.25, 0.3) is 0 Å². The molecular formula is C16H27NO2. The zero-order chi connectivity index (χ0) is 13.7. The maximum Gasteiger partial charge on any atom is 0.407 e. The van der Waals surface area contributed by atoms with Crippen LogP contribution in [0.15, 0.2) is 0 Å². The van der Waals surface area contributed by atoms with E-state index in [0.717, 1.165) is 24.2 Å². The number of alkyl carbamates (subject to hydrolysis) is 1. The van der Waals surface area contributed by atoms with E-state index in [1.807, 2.05) is 0 Å². The summed E-state index contributed by atoms with van der Waals surface area (Å²) in [5.74, 6) is 2.88. The number of amides is 1. The highest BCUT2D eigenvalue weighted by atomic mass is 16.6. The number of ether oxygens (including phenoxy) is 1. The van der Waals surface area contributed by atoms with Gasteiger partial charge in [-0.05, 0) is 82.0 Å². The first-order chi connectivity index (χ1) is 8.90. The molecule has 0 aromatic heterocycles. The predicted octanol–water partition coefficient (Wildman–Crippen LogP) is 3.73. The van der Waals surface area contributed by atoms with Crippen LogP contribution in [0.3, 0.4) is 0 Å². The van der Waals surface area contributed by atoms with Gasteiger partial charge in [0.15, 0.2) is 0 Å². The van der Waals surface area contributed by atoms with E-state index in [9.17, 15) is 4.79 Å². The van der Waals surface area contributed by atoms with Crippen LogP contribution >= 0.6 is 0 Å². The lowest BCUT2D eigenvalue weighted by Crippen LogP contribution is -2.49. The van der Waals surface area contributed by atoms with Gasteiger partial charge in [-0.1, -0.05) is 0 Å². The van der Waals surface area contributed by atoms with Crippen LogP contribution in [-0.2, 0) is 4.74 Å². The van der Waals surface area contributed by atoms with Gasteiger partial charge in [-0.25, -0.2) is 4.79 Å². The molecule has 19 heavy (non-hydrogen) atoms. The van der Waals surface area contributed by atoms with E-state index in [1.165, 1.54) is 38.5 Å². The van der Waals surface area contributed by atoms with Crippen molar-refractivity contribution in [2.45, 2.75) is 64.4 Å². The van der Waals surface area contributed by atoms with Gasteiger partial charge in [0.2, 0.25) is 0 Å². The maximum atomic E-state index is 11.5. The maximum absolute atomic E-state index is 11.5. The molecule has 0 spiro atoms. The predicted molar refractivity (Wildman–Crippen MR) is 74.8 cm³/mol. The van der Waals surface area contributed by atoms with Crippen molar-refractivity contribution in [1.82, 2.24) is 5.32 Å². The molecule has 0 saturated heterocycles. The highest BCUT2D eigenvalue weighted by molar-refractivity contribution is 5.67. The Balaban J connectivity index is 1.70. The van der Waals surface area contributed by atoms with Gasteiger partial charge < -0.3 is 10.1 Å². The molecule has 0 radical (unpaired) electrons. The third-order valence-electron chi connectivity index (χ3n) is 5.54. The third kappa shape index (κ3) is 2.61. The van der Waals surface area contributed by atoms with Crippen molar-refractivity contribution in [3.05, 3.63) is 0 Å². The van der Waals surface area contributed by atoms with E-state index < -0.39 is 0 Å². The minimum Gasteiger partial charge on any atom is -0.444 e. The zero-order valence-electron chi connectivity index (χ0n) is 12.5. The SMILES string of the molecule is CNC(=O)OC(C)(C)CC12CC3CC(CC(C3)C1)C2. The van der Waals surface area contributed by atoms with Gasteiger partial charge in [0.05, 0.1) is 0 Å². The first-order valence-electron chi connectivity index (χ1n) is 7.80. The summed E-state index contributed by atoms with van der Waals surface area (Å²) in [6.07, 6.45) is 9.27. The number of carbonyl (C=O) groups excluding carboxylic acids is 1. The largest absolute Gasteiger partial charge is 0.444 e. The highest BCUT2D eigenvalue weighted by Gasteiger charge is 2.52. The van der Waals surface area contributed by atoms with Crippen LogP contribution in [-0.4, -0.2) is 18.7 Å². The quantitative estimate of drug-likeness (QED) is 0.844. The second-order valence-electron chi connectivity index (χ2n) is 7.99.